The molecule has 6 nitrogen and oxygen atoms in total. The number of nitrogens with zero attached hydrogens (tertiary/aromatic N) is 2. The van der Waals surface area contributed by atoms with E-state index in [1.165, 1.54) is 30.2 Å². The third-order valence-electron chi connectivity index (χ3n) is 4.90. The van der Waals surface area contributed by atoms with Gasteiger partial charge in [0.2, 0.25) is 0 Å². The molecule has 0 spiro atoms. The number of carbonyl (C=O) groups excluding carboxylic acids is 1. The first-order chi connectivity index (χ1) is 18.8. The van der Waals surface area contributed by atoms with Crippen LogP contribution in [-0.4, -0.2) is 79.6 Å². The molecule has 1 N–H and O–H groups in total. The molecule has 2 aromatic carbocycles. The molecular weight excluding hydrogens is 392 g/mol. The summed E-state index contributed by atoms with van der Waals surface area (Å²) in [5, 5.41) is 10.9. The molecule has 0 saturated carbocycles. The quantitative estimate of drug-likeness (QED) is 0.617. The number of piperazine rings is 1. The summed E-state index contributed by atoms with van der Waals surface area (Å²) in [6.45, 7) is -6.50. The molecule has 0 aliphatic carbocycles. The predicted octanol–water partition coefficient (Wildman–Crippen LogP) is 2.48. The number of β-amino-alcohol motifs (C(OH)–C–C–N with tert-alkyl or cyclic N) is 1. The van der Waals surface area contributed by atoms with E-state index in [2.05, 4.69) is 0 Å². The van der Waals surface area contributed by atoms with Crippen molar-refractivity contribution in [2.45, 2.75) is 26.3 Å². The van der Waals surface area contributed by atoms with Crippen LogP contribution in [0.3, 0.4) is 0 Å². The number of hydrogen-bond donors (Lipinski definition) is 1. The molecule has 1 atom stereocenters. The van der Waals surface area contributed by atoms with Gasteiger partial charge >= 0.3 is 0 Å². The number of carbonyl (C=O) groups is 1. The van der Waals surface area contributed by atoms with Crippen LogP contribution in [0.15, 0.2) is 42.4 Å². The standard InChI is InChI=1S/C25H34N2O4/c1-19-7-6-8-20(2)23(19)15-21(28)16-26-11-13-27(14-12-26)17-22(29)18-31-25-10-5-4-9-24(25)30-3/h4-10,22,29H,11-18H2,1-3H3/i6D,7D,8D,16D2,17D2,18D2,22D. The van der Waals surface area contributed by atoms with Crippen molar-refractivity contribution >= 4 is 5.78 Å². The van der Waals surface area contributed by atoms with E-state index >= 15 is 0 Å². The van der Waals surface area contributed by atoms with Crippen LogP contribution in [0.2, 0.25) is 0 Å². The molecule has 1 fully saturated rings. The summed E-state index contributed by atoms with van der Waals surface area (Å²) in [4.78, 5) is 15.3. The molecule has 1 saturated heterocycles. The Hall–Kier alpha value is -2.41. The van der Waals surface area contributed by atoms with Gasteiger partial charge < -0.3 is 14.6 Å². The summed E-state index contributed by atoms with van der Waals surface area (Å²) >= 11 is 0. The molecular formula is C25H34N2O4. The normalized spacial score (nSPS) is 23.2. The zero-order chi connectivity index (χ0) is 31.1. The second-order valence-electron chi connectivity index (χ2n) is 7.10. The second-order valence-corrected chi connectivity index (χ2v) is 7.10. The number of methoxy groups -OCH3 is 1. The average molecular weight is 437 g/mol. The third kappa shape index (κ3) is 6.79. The number of para-hydroxylation sites is 2. The van der Waals surface area contributed by atoms with Gasteiger partial charge in [-0.25, -0.2) is 0 Å². The topological polar surface area (TPSA) is 62.2 Å². The van der Waals surface area contributed by atoms with Gasteiger partial charge in [0.1, 0.15) is 12.6 Å². The summed E-state index contributed by atoms with van der Waals surface area (Å²) < 4.78 is 93.0. The maximum Gasteiger partial charge on any atom is 0.161 e. The average Bonchev–Trinajstić information content (AvgIpc) is 2.92. The van der Waals surface area contributed by atoms with Gasteiger partial charge in [-0.3, -0.25) is 14.6 Å². The lowest BCUT2D eigenvalue weighted by Crippen LogP contribution is -2.50. The van der Waals surface area contributed by atoms with Gasteiger partial charge in [0.25, 0.3) is 0 Å². The molecule has 1 aliphatic heterocycles. The Kier molecular flexibility index (Phi) is 4.81. The first-order valence-corrected chi connectivity index (χ1v) is 9.94. The fourth-order valence-corrected chi connectivity index (χ4v) is 3.20. The molecule has 168 valence electrons. The van der Waals surface area contributed by atoms with Gasteiger partial charge in [0, 0.05) is 41.8 Å². The Balaban J connectivity index is 1.74. The van der Waals surface area contributed by atoms with Gasteiger partial charge in [-0.2, -0.15) is 0 Å². The van der Waals surface area contributed by atoms with Crippen LogP contribution in [0, 0.1) is 13.8 Å². The molecule has 1 heterocycles. The van der Waals surface area contributed by atoms with Gasteiger partial charge in [0.15, 0.2) is 17.3 Å². The summed E-state index contributed by atoms with van der Waals surface area (Å²) in [5.41, 5.74) is 0.964. The maximum atomic E-state index is 13.1. The number of Topliss-reactive ketones (excluding diaryl/α,β-unsaturated/α-hetero) is 1. The van der Waals surface area contributed by atoms with E-state index in [1.807, 2.05) is 0 Å². The van der Waals surface area contributed by atoms with Crippen LogP contribution in [0.1, 0.15) is 30.4 Å². The van der Waals surface area contributed by atoms with E-state index in [4.69, 9.17) is 23.2 Å². The summed E-state index contributed by atoms with van der Waals surface area (Å²) in [6, 6.07) is 5.28. The molecule has 31 heavy (non-hydrogen) atoms. The largest absolute Gasteiger partial charge is 0.493 e. The smallest absolute Gasteiger partial charge is 0.161 e. The van der Waals surface area contributed by atoms with Crippen molar-refractivity contribution in [3.8, 4) is 11.5 Å². The Bertz CT molecular complexity index is 1270. The monoisotopic (exact) mass is 436 g/mol. The summed E-state index contributed by atoms with van der Waals surface area (Å²) in [7, 11) is 1.32. The van der Waals surface area contributed by atoms with Crippen LogP contribution in [0.5, 0.6) is 11.5 Å². The van der Waals surface area contributed by atoms with Crippen molar-refractivity contribution in [1.29, 1.82) is 0 Å². The van der Waals surface area contributed by atoms with E-state index in [0.717, 1.165) is 4.90 Å². The number of ether oxygens (including phenoxy) is 2. The van der Waals surface area contributed by atoms with E-state index in [0.29, 0.717) is 16.7 Å². The fraction of sp³-hybridized carbons (Fsp3) is 0.480. The number of ketones is 1. The molecule has 0 bridgehead atoms. The zero-order valence-corrected chi connectivity index (χ0v) is 17.9. The highest BCUT2D eigenvalue weighted by Gasteiger charge is 2.21. The molecule has 2 aromatic rings. The van der Waals surface area contributed by atoms with Crippen molar-refractivity contribution in [1.82, 2.24) is 9.80 Å². The lowest BCUT2D eigenvalue weighted by atomic mass is 9.98. The fourth-order valence-electron chi connectivity index (χ4n) is 3.20. The SMILES string of the molecule is [2H]c1c([2H])c(C)c(CC(=O)C([2H])([2H])N2CCN(C([2H])([2H])C([2H])(O)C([2H])([2H])Oc3ccccc3OC)CC2)c(C)c1[2H]. The molecule has 0 radical (unpaired) electrons. The Morgan fingerprint density at radius 1 is 1.16 bits per heavy atom. The number of aliphatic hydroxyl groups is 1. The van der Waals surface area contributed by atoms with Crippen LogP contribution < -0.4 is 9.47 Å². The molecule has 3 rings (SSSR count). The Labute approximate surface area is 199 Å². The van der Waals surface area contributed by atoms with E-state index in [-0.39, 0.29) is 55.8 Å². The van der Waals surface area contributed by atoms with Crippen molar-refractivity contribution in [2.24, 2.45) is 0 Å². The van der Waals surface area contributed by atoms with Crippen LogP contribution in [0.25, 0.3) is 0 Å². The van der Waals surface area contributed by atoms with Crippen molar-refractivity contribution < 1.29 is 33.1 Å². The number of benzene rings is 2. The third-order valence-corrected chi connectivity index (χ3v) is 4.90. The highest BCUT2D eigenvalue weighted by atomic mass is 16.5. The van der Waals surface area contributed by atoms with E-state index < -0.39 is 37.8 Å². The first-order valence-electron chi connectivity index (χ1n) is 14.9. The zero-order valence-electron chi connectivity index (χ0n) is 27.9. The van der Waals surface area contributed by atoms with Crippen molar-refractivity contribution in [3.63, 3.8) is 0 Å². The minimum absolute atomic E-state index is 0.118. The molecule has 0 aromatic heterocycles. The predicted molar refractivity (Wildman–Crippen MR) is 122 cm³/mol. The first kappa shape index (κ1) is 13.2. The van der Waals surface area contributed by atoms with Gasteiger partial charge in [-0.15, -0.1) is 0 Å². The highest BCUT2D eigenvalue weighted by Crippen LogP contribution is 2.25. The Morgan fingerprint density at radius 3 is 2.42 bits per heavy atom. The van der Waals surface area contributed by atoms with Crippen molar-refractivity contribution in [2.75, 3.05) is 52.8 Å². The summed E-state index contributed by atoms with van der Waals surface area (Å²) in [5.74, 6) is -0.863. The lowest BCUT2D eigenvalue weighted by molar-refractivity contribution is -0.120. The van der Waals surface area contributed by atoms with E-state index in [1.54, 1.807) is 19.9 Å². The highest BCUT2D eigenvalue weighted by molar-refractivity contribution is 5.83. The Morgan fingerprint density at radius 2 is 1.77 bits per heavy atom. The molecule has 0 amide bonds. The van der Waals surface area contributed by atoms with Crippen LogP contribution in [0.4, 0.5) is 0 Å². The lowest BCUT2D eigenvalue weighted by Gasteiger charge is -2.35. The number of hydrogen-bond acceptors (Lipinski definition) is 6. The van der Waals surface area contributed by atoms with Gasteiger partial charge in [-0.1, -0.05) is 30.3 Å². The summed E-state index contributed by atoms with van der Waals surface area (Å²) in [6.07, 6.45) is -3.85. The minimum Gasteiger partial charge on any atom is -0.493 e. The second kappa shape index (κ2) is 11.3. The van der Waals surface area contributed by atoms with Gasteiger partial charge in [-0.05, 0) is 42.7 Å². The molecule has 1 aliphatic rings. The van der Waals surface area contributed by atoms with Crippen molar-refractivity contribution in [3.05, 3.63) is 59.1 Å². The minimum atomic E-state index is -3.45. The number of rotatable bonds is 10. The molecule has 1 unspecified atom stereocenters. The van der Waals surface area contributed by atoms with E-state index in [9.17, 15) is 9.90 Å². The van der Waals surface area contributed by atoms with Gasteiger partial charge in [0.05, 0.1) is 24.6 Å². The van der Waals surface area contributed by atoms with Crippen LogP contribution in [-0.2, 0) is 11.2 Å². The maximum absolute atomic E-state index is 13.1. The molecule has 6 heteroatoms. The van der Waals surface area contributed by atoms with Crippen LogP contribution >= 0.6 is 0 Å².